The van der Waals surface area contributed by atoms with Gasteiger partial charge in [-0.25, -0.2) is 8.78 Å². The number of hydrogen-bond acceptors (Lipinski definition) is 6. The highest BCUT2D eigenvalue weighted by Crippen LogP contribution is 2.90. The minimum absolute atomic E-state index is 1.26. The lowest BCUT2D eigenvalue weighted by molar-refractivity contribution is -0.676. The minimum Gasteiger partial charge on any atom is -0.348 e. The van der Waals surface area contributed by atoms with Gasteiger partial charge in [0.2, 0.25) is 0 Å². The van der Waals surface area contributed by atoms with Crippen LogP contribution >= 0.6 is 0 Å². The van der Waals surface area contributed by atoms with Crippen LogP contribution in [-0.2, 0) is 14.2 Å². The van der Waals surface area contributed by atoms with Crippen LogP contribution in [0, 0.1) is 0 Å². The lowest BCUT2D eigenvalue weighted by Gasteiger charge is -2.77. The zero-order valence-electron chi connectivity index (χ0n) is 23.9. The highest BCUT2D eigenvalue weighted by atomic mass is 19.4. The predicted octanol–water partition coefficient (Wildman–Crippen LogP) is 7.22. The molecule has 0 aromatic heterocycles. The standard InChI is InChI=1S/C19H4F31NO5/c20-1-5(21,22)2(54-17(45,46)11(33,51)14(36,37)38)8(27,28)3(6(1,23)24,55-18(47,48)12(34,52)15(39,40)41)10(31,32)4(7(1,25)26,9(2,29)30)56-19(49,50)13(35,53)16(42,43)44/h52-53H,51H2. The number of ether oxygens (including phenoxy) is 3. The lowest BCUT2D eigenvalue weighted by Crippen LogP contribution is -3.12. The normalized spacial score (nSPS) is 36.8. The number of halogens is 31. The fourth-order valence-electron chi connectivity index (χ4n) is 5.70. The largest absolute Gasteiger partial charge is 0.457 e. The average Bonchev–Trinajstić information content (AvgIpc) is 2.91. The Morgan fingerprint density at radius 2 is 0.518 bits per heavy atom. The zero-order valence-corrected chi connectivity index (χ0v) is 23.9. The quantitative estimate of drug-likeness (QED) is 0.167. The summed E-state index contributed by atoms with van der Waals surface area (Å²) in [7, 11) is 0. The molecule has 0 saturated heterocycles. The van der Waals surface area contributed by atoms with Gasteiger partial charge in [0.05, 0.1) is 0 Å². The van der Waals surface area contributed by atoms with E-state index in [0.717, 1.165) is 0 Å². The fraction of sp³-hybridized carbons (Fsp3) is 1.00. The van der Waals surface area contributed by atoms with Gasteiger partial charge in [0.15, 0.2) is 0 Å². The van der Waals surface area contributed by atoms with Crippen LogP contribution < -0.4 is 5.73 Å². The SMILES string of the molecule is NC(F)(C(F)(F)F)C(F)(F)OC12C(F)(F)C3(F)C(F)(F)C(OC(F)(F)C(O)(F)C(F)(F)F)(C1(F)F)C(F)(F)C(OC(F)(F)C(O)(F)C(F)(F)F)(C3(F)F)C2(F)F. The smallest absolute Gasteiger partial charge is 0.348 e. The number of aliphatic hydroxyl groups is 2. The summed E-state index contributed by atoms with van der Waals surface area (Å²) in [4.78, 5) is 0. The van der Waals surface area contributed by atoms with Gasteiger partial charge >= 0.3 is 95.6 Å². The molecule has 0 aromatic carbocycles. The van der Waals surface area contributed by atoms with Crippen LogP contribution in [0.15, 0.2) is 0 Å². The summed E-state index contributed by atoms with van der Waals surface area (Å²) >= 11 is 0. The molecule has 4 aliphatic carbocycles. The Balaban J connectivity index is 2.91. The van der Waals surface area contributed by atoms with Crippen molar-refractivity contribution >= 4 is 0 Å². The molecule has 4 bridgehead atoms. The topological polar surface area (TPSA) is 94.2 Å². The summed E-state index contributed by atoms with van der Waals surface area (Å²) in [5, 5.41) is 16.8. The molecular weight excluding hydrogens is 911 g/mol. The van der Waals surface area contributed by atoms with E-state index in [1.165, 1.54) is 14.2 Å². The van der Waals surface area contributed by atoms with E-state index in [-0.39, 0.29) is 0 Å². The first-order valence-electron chi connectivity index (χ1n) is 12.3. The van der Waals surface area contributed by atoms with E-state index < -0.39 is 112 Å². The third kappa shape index (κ3) is 4.19. The van der Waals surface area contributed by atoms with Crippen molar-refractivity contribution < 1.29 is 161 Å². The number of rotatable bonds is 9. The molecule has 6 nitrogen and oxygen atoms in total. The third-order valence-corrected chi connectivity index (χ3v) is 8.48. The Bertz CT molecular complexity index is 1400. The second-order valence-corrected chi connectivity index (χ2v) is 11.5. The summed E-state index contributed by atoms with van der Waals surface area (Å²) in [6.07, 6.45) is -51.7. The van der Waals surface area contributed by atoms with Gasteiger partial charge in [0.25, 0.3) is 16.8 Å². The van der Waals surface area contributed by atoms with Gasteiger partial charge in [0, 0.05) is 0 Å². The van der Waals surface area contributed by atoms with E-state index in [9.17, 15) is 79.0 Å². The van der Waals surface area contributed by atoms with Gasteiger partial charge in [-0.3, -0.25) is 19.9 Å². The Labute approximate surface area is 280 Å². The Morgan fingerprint density at radius 3 is 0.696 bits per heavy atom. The molecule has 0 heterocycles. The van der Waals surface area contributed by atoms with E-state index >= 15 is 57.1 Å². The molecule has 56 heavy (non-hydrogen) atoms. The van der Waals surface area contributed by atoms with Gasteiger partial charge in [-0.15, -0.1) is 0 Å². The summed E-state index contributed by atoms with van der Waals surface area (Å²) in [6, 6.07) is 0. The Hall–Kier alpha value is -2.41. The summed E-state index contributed by atoms with van der Waals surface area (Å²) in [6.45, 7) is 0. The van der Waals surface area contributed by atoms with Gasteiger partial charge in [-0.05, 0) is 0 Å². The van der Waals surface area contributed by atoms with Gasteiger partial charge in [-0.2, -0.15) is 127 Å². The van der Waals surface area contributed by atoms with Gasteiger partial charge in [-0.1, -0.05) is 0 Å². The van der Waals surface area contributed by atoms with Crippen LogP contribution in [0.25, 0.3) is 0 Å². The first-order valence-corrected chi connectivity index (χ1v) is 12.3. The van der Waals surface area contributed by atoms with Crippen molar-refractivity contribution in [3.8, 4) is 0 Å². The molecule has 4 fully saturated rings. The number of hydrogen-bond donors (Lipinski definition) is 3. The molecule has 0 spiro atoms. The highest BCUT2D eigenvalue weighted by molar-refractivity contribution is 5.55. The molecule has 4 N–H and O–H groups in total. The summed E-state index contributed by atoms with van der Waals surface area (Å²) in [5.41, 5.74) is -35.9. The number of alkyl halides is 31. The maximum Gasteiger partial charge on any atom is 0.457 e. The van der Waals surface area contributed by atoms with Crippen molar-refractivity contribution in [3.05, 3.63) is 0 Å². The molecule has 0 aliphatic heterocycles. The van der Waals surface area contributed by atoms with Crippen molar-refractivity contribution in [1.82, 2.24) is 0 Å². The lowest BCUT2D eigenvalue weighted by atomic mass is 9.38. The molecule has 4 aliphatic rings. The molecule has 332 valence electrons. The molecule has 0 radical (unpaired) electrons. The number of nitrogens with two attached hydrogens (primary N) is 1. The van der Waals surface area contributed by atoms with Gasteiger partial charge in [0.1, 0.15) is 0 Å². The van der Waals surface area contributed by atoms with Gasteiger partial charge < -0.3 is 10.2 Å². The molecular formula is C19H4F31NO5. The van der Waals surface area contributed by atoms with Crippen LogP contribution in [0.5, 0.6) is 0 Å². The zero-order chi connectivity index (χ0) is 45.6. The molecule has 4 rings (SSSR count). The second-order valence-electron chi connectivity index (χ2n) is 11.5. The van der Waals surface area contributed by atoms with Crippen LogP contribution in [0.2, 0.25) is 0 Å². The van der Waals surface area contributed by atoms with Crippen molar-refractivity contribution in [2.45, 2.75) is 112 Å². The van der Waals surface area contributed by atoms with Crippen LogP contribution in [0.1, 0.15) is 0 Å². The van der Waals surface area contributed by atoms with E-state index in [1.807, 2.05) is 0 Å². The van der Waals surface area contributed by atoms with E-state index in [1.54, 1.807) is 0 Å². The van der Waals surface area contributed by atoms with Crippen molar-refractivity contribution in [3.63, 3.8) is 0 Å². The molecule has 5 unspecified atom stereocenters. The fourth-order valence-corrected chi connectivity index (χ4v) is 5.70. The van der Waals surface area contributed by atoms with Crippen LogP contribution in [0.4, 0.5) is 136 Å². The molecule has 0 amide bonds. The van der Waals surface area contributed by atoms with E-state index in [0.29, 0.717) is 0 Å². The van der Waals surface area contributed by atoms with Crippen LogP contribution in [0.3, 0.4) is 0 Å². The molecule has 4 saturated carbocycles. The van der Waals surface area contributed by atoms with Crippen molar-refractivity contribution in [1.29, 1.82) is 0 Å². The van der Waals surface area contributed by atoms with Crippen molar-refractivity contribution in [2.75, 3.05) is 0 Å². The van der Waals surface area contributed by atoms with Crippen molar-refractivity contribution in [2.24, 2.45) is 5.73 Å². The molecule has 37 heteroatoms. The monoisotopic (exact) mass is 915 g/mol. The predicted molar refractivity (Wildman–Crippen MR) is 98.1 cm³/mol. The second kappa shape index (κ2) is 10.7. The minimum atomic E-state index is -9.95. The third-order valence-electron chi connectivity index (χ3n) is 8.48. The Morgan fingerprint density at radius 1 is 0.321 bits per heavy atom. The maximum atomic E-state index is 16.0. The molecule has 5 atom stereocenters. The maximum absolute atomic E-state index is 16.0. The average molecular weight is 915 g/mol. The highest BCUT2D eigenvalue weighted by Gasteiger charge is 3.24. The van der Waals surface area contributed by atoms with Crippen LogP contribution in [-0.4, -0.2) is 123 Å². The summed E-state index contributed by atoms with van der Waals surface area (Å²) < 4.78 is 453. The summed E-state index contributed by atoms with van der Waals surface area (Å²) in [5.74, 6) is -83.9. The Kier molecular flexibility index (Phi) is 9.13. The molecule has 0 aromatic rings. The first kappa shape index (κ1) is 48.0. The van der Waals surface area contributed by atoms with E-state index in [4.69, 9.17) is 10.2 Å². The first-order chi connectivity index (χ1) is 23.6. The van der Waals surface area contributed by atoms with E-state index in [2.05, 4.69) is 5.73 Å².